The molecule has 1 aliphatic rings. The Balaban J connectivity index is 1.59. The minimum absolute atomic E-state index is 0.0134. The van der Waals surface area contributed by atoms with E-state index in [1.54, 1.807) is 4.68 Å². The van der Waals surface area contributed by atoms with E-state index in [-0.39, 0.29) is 5.91 Å². The Hall–Kier alpha value is -2.28. The molecule has 2 aromatic rings. The fourth-order valence-electron chi connectivity index (χ4n) is 3.28. The summed E-state index contributed by atoms with van der Waals surface area (Å²) in [5, 5.41) is 7.29. The average Bonchev–Trinajstić information content (AvgIpc) is 3.20. The molecule has 1 aliphatic heterocycles. The van der Waals surface area contributed by atoms with E-state index < -0.39 is 0 Å². The first-order chi connectivity index (χ1) is 12.0. The number of carbonyl (C=O) groups is 1. The summed E-state index contributed by atoms with van der Waals surface area (Å²) in [6, 6.07) is 2.26. The summed E-state index contributed by atoms with van der Waals surface area (Å²) in [4.78, 5) is 23.5. The third-order valence-corrected chi connectivity index (χ3v) is 4.67. The van der Waals surface area contributed by atoms with Crippen molar-refractivity contribution in [2.45, 2.75) is 52.2 Å². The van der Waals surface area contributed by atoms with Crippen molar-refractivity contribution in [2.24, 2.45) is 0 Å². The van der Waals surface area contributed by atoms with Gasteiger partial charge in [0.25, 0.3) is 0 Å². The van der Waals surface area contributed by atoms with E-state index in [9.17, 15) is 4.79 Å². The molecule has 1 fully saturated rings. The molecule has 0 bridgehead atoms. The molecule has 134 valence electrons. The summed E-state index contributed by atoms with van der Waals surface area (Å²) in [5.41, 5.74) is 3.02. The van der Waals surface area contributed by atoms with Crippen LogP contribution < -0.4 is 5.32 Å². The van der Waals surface area contributed by atoms with Crippen LogP contribution in [-0.2, 0) is 17.9 Å². The highest BCUT2D eigenvalue weighted by atomic mass is 16.1. The number of amides is 1. The van der Waals surface area contributed by atoms with E-state index in [4.69, 9.17) is 0 Å². The SMILES string of the molecule is Cc1ccn(CCC(=O)NCc2cnc(C)nc2C2CCCN2C)n1. The largest absolute Gasteiger partial charge is 0.352 e. The Kier molecular flexibility index (Phi) is 5.43. The third-order valence-electron chi connectivity index (χ3n) is 4.67. The standard InChI is InChI=1S/C18H26N6O/c1-13-6-9-24(22-13)10-7-17(25)20-12-15-11-19-14(2)21-18(15)16-5-4-8-23(16)3/h6,9,11,16H,4-5,7-8,10,12H2,1-3H3,(H,20,25). The summed E-state index contributed by atoms with van der Waals surface area (Å²) >= 11 is 0. The molecular weight excluding hydrogens is 316 g/mol. The quantitative estimate of drug-likeness (QED) is 0.866. The number of carbonyl (C=O) groups excluding carboxylic acids is 1. The van der Waals surface area contributed by atoms with E-state index in [1.165, 1.54) is 6.42 Å². The van der Waals surface area contributed by atoms with Gasteiger partial charge in [0.15, 0.2) is 0 Å². The van der Waals surface area contributed by atoms with Crippen molar-refractivity contribution in [3.8, 4) is 0 Å². The second-order valence-electron chi connectivity index (χ2n) is 6.71. The smallest absolute Gasteiger partial charge is 0.222 e. The molecule has 1 unspecified atom stereocenters. The molecule has 7 heteroatoms. The van der Waals surface area contributed by atoms with Crippen molar-refractivity contribution < 1.29 is 4.79 Å². The molecule has 3 rings (SSSR count). The maximum Gasteiger partial charge on any atom is 0.222 e. The van der Waals surface area contributed by atoms with Gasteiger partial charge in [-0.15, -0.1) is 0 Å². The highest BCUT2D eigenvalue weighted by molar-refractivity contribution is 5.75. The number of likely N-dealkylation sites (tertiary alicyclic amines) is 1. The normalized spacial score (nSPS) is 17.8. The summed E-state index contributed by atoms with van der Waals surface area (Å²) in [5.74, 6) is 0.791. The van der Waals surface area contributed by atoms with Crippen molar-refractivity contribution in [3.05, 3.63) is 41.2 Å². The first-order valence-corrected chi connectivity index (χ1v) is 8.82. The van der Waals surface area contributed by atoms with Crippen LogP contribution in [0.15, 0.2) is 18.5 Å². The predicted molar refractivity (Wildman–Crippen MR) is 94.8 cm³/mol. The van der Waals surface area contributed by atoms with Crippen molar-refractivity contribution in [1.29, 1.82) is 0 Å². The average molecular weight is 342 g/mol. The lowest BCUT2D eigenvalue weighted by Crippen LogP contribution is -2.27. The summed E-state index contributed by atoms with van der Waals surface area (Å²) < 4.78 is 1.79. The molecule has 0 saturated carbocycles. The molecule has 1 saturated heterocycles. The number of hydrogen-bond donors (Lipinski definition) is 1. The summed E-state index contributed by atoms with van der Waals surface area (Å²) in [6.45, 7) is 5.99. The van der Waals surface area contributed by atoms with Crippen molar-refractivity contribution in [3.63, 3.8) is 0 Å². The molecule has 1 atom stereocenters. The van der Waals surface area contributed by atoms with Gasteiger partial charge in [-0.1, -0.05) is 0 Å². The Labute approximate surface area is 148 Å². The van der Waals surface area contributed by atoms with Gasteiger partial charge in [0.05, 0.1) is 17.4 Å². The Morgan fingerprint density at radius 1 is 1.40 bits per heavy atom. The van der Waals surface area contributed by atoms with Gasteiger partial charge in [0.2, 0.25) is 5.91 Å². The van der Waals surface area contributed by atoms with Crippen molar-refractivity contribution in [2.75, 3.05) is 13.6 Å². The first kappa shape index (κ1) is 17.5. The van der Waals surface area contributed by atoms with Gasteiger partial charge >= 0.3 is 0 Å². The van der Waals surface area contributed by atoms with Crippen LogP contribution in [0.3, 0.4) is 0 Å². The van der Waals surface area contributed by atoms with Gasteiger partial charge < -0.3 is 5.32 Å². The molecule has 0 aromatic carbocycles. The van der Waals surface area contributed by atoms with Gasteiger partial charge in [0, 0.05) is 37.5 Å². The first-order valence-electron chi connectivity index (χ1n) is 8.82. The number of aryl methyl sites for hydroxylation is 3. The monoisotopic (exact) mass is 342 g/mol. The van der Waals surface area contributed by atoms with Gasteiger partial charge in [-0.25, -0.2) is 9.97 Å². The number of aromatic nitrogens is 4. The lowest BCUT2D eigenvalue weighted by molar-refractivity contribution is -0.121. The Morgan fingerprint density at radius 3 is 2.92 bits per heavy atom. The Morgan fingerprint density at radius 2 is 2.24 bits per heavy atom. The van der Waals surface area contributed by atoms with Crippen LogP contribution in [0.5, 0.6) is 0 Å². The van der Waals surface area contributed by atoms with E-state index >= 15 is 0 Å². The number of rotatable bonds is 6. The van der Waals surface area contributed by atoms with Gasteiger partial charge in [0.1, 0.15) is 5.82 Å². The zero-order valence-corrected chi connectivity index (χ0v) is 15.2. The molecule has 0 radical (unpaired) electrons. The lowest BCUT2D eigenvalue weighted by Gasteiger charge is -2.21. The molecular formula is C18H26N6O. The van der Waals surface area contributed by atoms with Crippen LogP contribution in [0, 0.1) is 13.8 Å². The van der Waals surface area contributed by atoms with E-state index in [0.717, 1.165) is 35.7 Å². The number of hydrogen-bond acceptors (Lipinski definition) is 5. The zero-order chi connectivity index (χ0) is 17.8. The molecule has 25 heavy (non-hydrogen) atoms. The molecule has 1 amide bonds. The molecule has 3 heterocycles. The van der Waals surface area contributed by atoms with Crippen molar-refractivity contribution >= 4 is 5.91 Å². The fourth-order valence-corrected chi connectivity index (χ4v) is 3.28. The second kappa shape index (κ2) is 7.74. The van der Waals surface area contributed by atoms with Crippen molar-refractivity contribution in [1.82, 2.24) is 30.0 Å². The molecule has 0 aliphatic carbocycles. The van der Waals surface area contributed by atoms with Gasteiger partial charge in [-0.2, -0.15) is 5.10 Å². The third kappa shape index (κ3) is 4.42. The topological polar surface area (TPSA) is 75.9 Å². The molecule has 0 spiro atoms. The van der Waals surface area contributed by atoms with Crippen LogP contribution in [0.2, 0.25) is 0 Å². The highest BCUT2D eigenvalue weighted by Gasteiger charge is 2.26. The highest BCUT2D eigenvalue weighted by Crippen LogP contribution is 2.30. The van der Waals surface area contributed by atoms with E-state index in [2.05, 4.69) is 32.3 Å². The summed E-state index contributed by atoms with van der Waals surface area (Å²) in [7, 11) is 2.13. The van der Waals surface area contributed by atoms with E-state index in [0.29, 0.717) is 25.6 Å². The Bertz CT molecular complexity index is 741. The van der Waals surface area contributed by atoms with Crippen LogP contribution in [0.25, 0.3) is 0 Å². The summed E-state index contributed by atoms with van der Waals surface area (Å²) in [6.07, 6.45) is 6.43. The predicted octanol–water partition coefficient (Wildman–Crippen LogP) is 1.76. The molecule has 7 nitrogen and oxygen atoms in total. The fraction of sp³-hybridized carbons (Fsp3) is 0.556. The number of nitrogens with zero attached hydrogens (tertiary/aromatic N) is 5. The van der Waals surface area contributed by atoms with Crippen LogP contribution in [-0.4, -0.2) is 44.1 Å². The lowest BCUT2D eigenvalue weighted by atomic mass is 10.1. The molecule has 2 aromatic heterocycles. The molecule has 1 N–H and O–H groups in total. The number of nitrogens with one attached hydrogen (secondary N) is 1. The van der Waals surface area contributed by atoms with Crippen LogP contribution in [0.1, 0.15) is 48.1 Å². The van der Waals surface area contributed by atoms with Gasteiger partial charge in [-0.3, -0.25) is 14.4 Å². The second-order valence-corrected chi connectivity index (χ2v) is 6.71. The van der Waals surface area contributed by atoms with Crippen LogP contribution in [0.4, 0.5) is 0 Å². The zero-order valence-electron chi connectivity index (χ0n) is 15.2. The van der Waals surface area contributed by atoms with E-state index in [1.807, 2.05) is 32.3 Å². The van der Waals surface area contributed by atoms with Gasteiger partial charge in [-0.05, 0) is 46.3 Å². The minimum atomic E-state index is 0.0134. The maximum atomic E-state index is 12.2. The van der Waals surface area contributed by atoms with Crippen LogP contribution >= 0.6 is 0 Å². The minimum Gasteiger partial charge on any atom is -0.352 e. The maximum absolute atomic E-state index is 12.2.